The van der Waals surface area contributed by atoms with Gasteiger partial charge in [-0.2, -0.15) is 0 Å². The van der Waals surface area contributed by atoms with Crippen molar-refractivity contribution >= 4 is 28.8 Å². The average Bonchev–Trinajstić information content (AvgIpc) is 3.30. The summed E-state index contributed by atoms with van der Waals surface area (Å²) < 4.78 is 0. The summed E-state index contributed by atoms with van der Waals surface area (Å²) in [5.41, 5.74) is 2.47. The second-order valence-electron chi connectivity index (χ2n) is 6.82. The number of rotatable bonds is 5. The number of nitrogens with one attached hydrogen (secondary N) is 2. The quantitative estimate of drug-likeness (QED) is 0.843. The van der Waals surface area contributed by atoms with Crippen LogP contribution in [0.2, 0.25) is 5.02 Å². The maximum Gasteiger partial charge on any atom is 0.275 e. The zero-order valence-corrected chi connectivity index (χ0v) is 15.1. The Morgan fingerprint density at radius 1 is 1.29 bits per heavy atom. The number of fused-ring (bicyclic) bond motifs is 1. The highest BCUT2D eigenvalue weighted by atomic mass is 35.5. The molecular weight excluding hydrogens is 340 g/mol. The normalized spacial score (nSPS) is 22.9. The highest BCUT2D eigenvalue weighted by Gasteiger charge is 2.43. The van der Waals surface area contributed by atoms with Crippen LogP contribution in [-0.4, -0.2) is 19.0 Å². The number of thiophene rings is 1. The topological polar surface area (TPSA) is 33.5 Å². The molecule has 2 heterocycles. The fourth-order valence-electron chi connectivity index (χ4n) is 3.80. The van der Waals surface area contributed by atoms with Crippen molar-refractivity contribution in [2.24, 2.45) is 5.92 Å². The molecule has 1 aromatic heterocycles. The lowest BCUT2D eigenvalue weighted by Gasteiger charge is -2.32. The van der Waals surface area contributed by atoms with Gasteiger partial charge in [0.25, 0.3) is 5.91 Å². The van der Waals surface area contributed by atoms with Gasteiger partial charge in [0.2, 0.25) is 0 Å². The third kappa shape index (κ3) is 3.37. The number of quaternary nitrogens is 1. The molecule has 3 nitrogen and oxygen atoms in total. The van der Waals surface area contributed by atoms with E-state index in [4.69, 9.17) is 11.6 Å². The number of hydrogen-bond donors (Lipinski definition) is 2. The number of carbonyl (C=O) groups is 1. The number of hydrogen-bond acceptors (Lipinski definition) is 2. The molecule has 1 aliphatic carbocycles. The van der Waals surface area contributed by atoms with E-state index in [0.29, 0.717) is 24.2 Å². The van der Waals surface area contributed by atoms with Crippen molar-refractivity contribution in [3.8, 4) is 0 Å². The van der Waals surface area contributed by atoms with Crippen molar-refractivity contribution in [3.63, 3.8) is 0 Å². The van der Waals surface area contributed by atoms with Gasteiger partial charge in [0, 0.05) is 34.3 Å². The Morgan fingerprint density at radius 2 is 2.12 bits per heavy atom. The first-order valence-corrected chi connectivity index (χ1v) is 9.89. The maximum absolute atomic E-state index is 12.5. The first kappa shape index (κ1) is 16.1. The number of amides is 1. The summed E-state index contributed by atoms with van der Waals surface area (Å²) >= 11 is 8.04. The van der Waals surface area contributed by atoms with Gasteiger partial charge in [-0.1, -0.05) is 29.8 Å². The molecule has 2 atom stereocenters. The van der Waals surface area contributed by atoms with Crippen LogP contribution in [-0.2, 0) is 17.8 Å². The van der Waals surface area contributed by atoms with Gasteiger partial charge in [-0.3, -0.25) is 4.79 Å². The molecule has 0 saturated heterocycles. The Balaban J connectivity index is 1.39. The fourth-order valence-corrected chi connectivity index (χ4v) is 4.93. The van der Waals surface area contributed by atoms with Crippen molar-refractivity contribution < 1.29 is 9.69 Å². The van der Waals surface area contributed by atoms with Crippen molar-refractivity contribution in [1.82, 2.24) is 5.32 Å². The minimum Gasteiger partial charge on any atom is -0.347 e. The molecule has 0 radical (unpaired) electrons. The molecule has 0 bridgehead atoms. The molecule has 1 amide bonds. The van der Waals surface area contributed by atoms with E-state index >= 15 is 0 Å². The molecule has 2 aliphatic rings. The predicted molar refractivity (Wildman–Crippen MR) is 97.5 cm³/mol. The summed E-state index contributed by atoms with van der Waals surface area (Å²) in [6, 6.07) is 10.5. The molecule has 4 rings (SSSR count). The number of benzene rings is 1. The van der Waals surface area contributed by atoms with Crippen LogP contribution in [0.1, 0.15) is 34.9 Å². The minimum absolute atomic E-state index is 0.120. The molecule has 126 valence electrons. The first-order valence-electron chi connectivity index (χ1n) is 8.63. The van der Waals surface area contributed by atoms with Crippen LogP contribution in [0, 0.1) is 5.92 Å². The lowest BCUT2D eigenvalue weighted by Crippen LogP contribution is -3.14. The minimum atomic E-state index is 0.120. The Morgan fingerprint density at radius 3 is 2.92 bits per heavy atom. The van der Waals surface area contributed by atoms with Gasteiger partial charge in [-0.05, 0) is 35.9 Å². The van der Waals surface area contributed by atoms with Gasteiger partial charge in [-0.25, -0.2) is 0 Å². The van der Waals surface area contributed by atoms with Crippen LogP contribution < -0.4 is 10.2 Å². The van der Waals surface area contributed by atoms with Crippen LogP contribution in [0.3, 0.4) is 0 Å². The molecule has 2 aromatic rings. The van der Waals surface area contributed by atoms with Crippen molar-refractivity contribution in [1.29, 1.82) is 0 Å². The van der Waals surface area contributed by atoms with Crippen LogP contribution in [0.4, 0.5) is 0 Å². The first-order chi connectivity index (χ1) is 11.7. The molecule has 1 aromatic carbocycles. The lowest BCUT2D eigenvalue weighted by molar-refractivity contribution is -0.928. The summed E-state index contributed by atoms with van der Waals surface area (Å²) in [4.78, 5) is 15.4. The van der Waals surface area contributed by atoms with E-state index in [0.717, 1.165) is 24.4 Å². The molecular formula is C19H22ClN2OS+. The van der Waals surface area contributed by atoms with Gasteiger partial charge >= 0.3 is 0 Å². The van der Waals surface area contributed by atoms with E-state index in [2.05, 4.69) is 16.8 Å². The summed E-state index contributed by atoms with van der Waals surface area (Å²) in [5.74, 6) is 0.888. The monoisotopic (exact) mass is 361 g/mol. The molecule has 24 heavy (non-hydrogen) atoms. The molecule has 2 N–H and O–H groups in total. The van der Waals surface area contributed by atoms with Crippen LogP contribution in [0.25, 0.3) is 0 Å². The van der Waals surface area contributed by atoms with E-state index in [1.54, 1.807) is 0 Å². The maximum atomic E-state index is 12.5. The van der Waals surface area contributed by atoms with E-state index in [1.807, 2.05) is 35.6 Å². The van der Waals surface area contributed by atoms with Gasteiger partial charge in [0.05, 0.1) is 6.54 Å². The van der Waals surface area contributed by atoms with E-state index < -0.39 is 0 Å². The van der Waals surface area contributed by atoms with Gasteiger partial charge in [0.1, 0.15) is 6.04 Å². The van der Waals surface area contributed by atoms with Crippen LogP contribution in [0.15, 0.2) is 35.7 Å². The largest absolute Gasteiger partial charge is 0.347 e. The summed E-state index contributed by atoms with van der Waals surface area (Å²) in [6.07, 6.45) is 3.72. The van der Waals surface area contributed by atoms with E-state index in [-0.39, 0.29) is 5.91 Å². The third-order valence-corrected chi connectivity index (χ3v) is 6.51. The van der Waals surface area contributed by atoms with Gasteiger partial charge in [0.15, 0.2) is 6.54 Å². The standard InChI is InChI=1S/C19H21ClN2OS/c20-16-4-2-1-3-14(16)11-21-18(23)12-22-9-7-17-15(8-10-24-17)19(22)13-5-6-13/h1-4,8,10,13,19H,5-7,9,11-12H2,(H,21,23)/p+1/t19-/m0/s1. The van der Waals surface area contributed by atoms with Crippen LogP contribution in [0.5, 0.6) is 0 Å². The molecule has 1 fully saturated rings. The SMILES string of the molecule is O=C(C[NH+]1CCc2sccc2[C@@H]1C1CC1)NCc1ccccc1Cl. The molecule has 1 aliphatic heterocycles. The molecule has 0 spiro atoms. The molecule has 5 heteroatoms. The zero-order chi connectivity index (χ0) is 16.5. The Kier molecular flexibility index (Phi) is 4.61. The number of carbonyl (C=O) groups excluding carboxylic acids is 1. The predicted octanol–water partition coefficient (Wildman–Crippen LogP) is 2.61. The molecule has 1 saturated carbocycles. The summed E-state index contributed by atoms with van der Waals surface area (Å²) in [6.45, 7) is 2.12. The smallest absolute Gasteiger partial charge is 0.275 e. The second kappa shape index (κ2) is 6.87. The number of halogens is 1. The van der Waals surface area contributed by atoms with E-state index in [1.165, 1.54) is 28.2 Å². The van der Waals surface area contributed by atoms with Crippen LogP contribution >= 0.6 is 22.9 Å². The Hall–Kier alpha value is -1.36. The van der Waals surface area contributed by atoms with Crippen molar-refractivity contribution in [2.45, 2.75) is 31.8 Å². The fraction of sp³-hybridized carbons (Fsp3) is 0.421. The van der Waals surface area contributed by atoms with Gasteiger partial charge in [-0.15, -0.1) is 11.3 Å². The lowest BCUT2D eigenvalue weighted by atomic mass is 9.96. The Bertz CT molecular complexity index is 740. The van der Waals surface area contributed by atoms with Crippen molar-refractivity contribution in [3.05, 3.63) is 56.7 Å². The summed E-state index contributed by atoms with van der Waals surface area (Å²) in [7, 11) is 0. The molecule has 1 unspecified atom stereocenters. The highest BCUT2D eigenvalue weighted by Crippen LogP contribution is 2.42. The van der Waals surface area contributed by atoms with E-state index in [9.17, 15) is 4.79 Å². The summed E-state index contributed by atoms with van der Waals surface area (Å²) in [5, 5.41) is 5.96. The zero-order valence-electron chi connectivity index (χ0n) is 13.6. The van der Waals surface area contributed by atoms with Gasteiger partial charge < -0.3 is 10.2 Å². The Labute approximate surface area is 151 Å². The highest BCUT2D eigenvalue weighted by molar-refractivity contribution is 7.10. The third-order valence-electron chi connectivity index (χ3n) is 5.14. The average molecular weight is 362 g/mol. The van der Waals surface area contributed by atoms with Crippen molar-refractivity contribution in [2.75, 3.05) is 13.1 Å². The second-order valence-corrected chi connectivity index (χ2v) is 8.23.